The minimum absolute atomic E-state index is 0.0180. The summed E-state index contributed by atoms with van der Waals surface area (Å²) in [6.45, 7) is 0.424. The fraction of sp³-hybridized carbons (Fsp3) is 0.273. The molecule has 0 fully saturated rings. The standard InChI is InChI=1S/C33H34F2N2O7S/c1-45(41,42)36-30(38)12-5-8-25-21-37(22-31(39)40)33-24(7-4-9-27(25)33)16-13-23-14-17-26(18-15-23)43-19-2-3-20-44-29-11-6-10-28(34)32(29)35/h4,6-7,9-11,13-18,21H,2-3,5,8,12,19-20,22H2,1H3,(H,36,38)(H,39,40). The van der Waals surface area contributed by atoms with Crippen LogP contribution in [0.2, 0.25) is 0 Å². The van der Waals surface area contributed by atoms with Crippen LogP contribution in [-0.2, 0) is 32.6 Å². The lowest BCUT2D eigenvalue weighted by molar-refractivity contribution is -0.137. The number of aromatic nitrogens is 1. The van der Waals surface area contributed by atoms with Crippen LogP contribution in [0.5, 0.6) is 11.5 Å². The number of amides is 1. The second kappa shape index (κ2) is 15.3. The summed E-state index contributed by atoms with van der Waals surface area (Å²) in [5.74, 6) is -2.95. The molecule has 0 atom stereocenters. The lowest BCUT2D eigenvalue weighted by atomic mass is 10.0. The Morgan fingerprint density at radius 2 is 1.64 bits per heavy atom. The van der Waals surface area contributed by atoms with Crippen molar-refractivity contribution in [1.82, 2.24) is 9.29 Å². The third-order valence-electron chi connectivity index (χ3n) is 6.78. The first-order valence-electron chi connectivity index (χ1n) is 14.3. The Balaban J connectivity index is 1.34. The number of aryl methyl sites for hydroxylation is 1. The van der Waals surface area contributed by atoms with E-state index in [0.717, 1.165) is 39.9 Å². The molecule has 238 valence electrons. The normalized spacial score (nSPS) is 11.6. The Labute approximate surface area is 260 Å². The number of nitrogens with one attached hydrogen (secondary N) is 1. The predicted octanol–water partition coefficient (Wildman–Crippen LogP) is 5.81. The molecule has 0 aliphatic heterocycles. The van der Waals surface area contributed by atoms with Gasteiger partial charge in [-0.25, -0.2) is 12.8 Å². The number of halogens is 2. The maximum Gasteiger partial charge on any atom is 0.323 e. The number of carbonyl (C=O) groups excluding carboxylic acids is 1. The fourth-order valence-electron chi connectivity index (χ4n) is 4.80. The largest absolute Gasteiger partial charge is 0.494 e. The summed E-state index contributed by atoms with van der Waals surface area (Å²) in [6, 6.07) is 16.9. The van der Waals surface area contributed by atoms with Gasteiger partial charge in [-0.15, -0.1) is 0 Å². The van der Waals surface area contributed by atoms with Crippen molar-refractivity contribution in [3.05, 3.63) is 95.2 Å². The van der Waals surface area contributed by atoms with E-state index in [1.165, 1.54) is 12.1 Å². The molecule has 0 unspecified atom stereocenters. The zero-order valence-corrected chi connectivity index (χ0v) is 25.5. The summed E-state index contributed by atoms with van der Waals surface area (Å²) in [5.41, 5.74) is 3.33. The Bertz CT molecular complexity index is 1780. The van der Waals surface area contributed by atoms with Crippen LogP contribution in [-0.4, -0.2) is 49.4 Å². The summed E-state index contributed by atoms with van der Waals surface area (Å²) in [4.78, 5) is 23.5. The molecule has 1 amide bonds. The molecule has 1 aromatic heterocycles. The van der Waals surface area contributed by atoms with Crippen molar-refractivity contribution < 1.29 is 41.4 Å². The van der Waals surface area contributed by atoms with Gasteiger partial charge in [-0.1, -0.05) is 48.6 Å². The van der Waals surface area contributed by atoms with Crippen molar-refractivity contribution in [3.8, 4) is 11.5 Å². The maximum absolute atomic E-state index is 13.6. The third kappa shape index (κ3) is 9.90. The summed E-state index contributed by atoms with van der Waals surface area (Å²) >= 11 is 0. The molecule has 0 saturated heterocycles. The molecule has 0 aliphatic carbocycles. The fourth-order valence-corrected chi connectivity index (χ4v) is 5.31. The first-order chi connectivity index (χ1) is 21.5. The van der Waals surface area contributed by atoms with E-state index in [1.54, 1.807) is 10.8 Å². The van der Waals surface area contributed by atoms with E-state index in [0.29, 0.717) is 38.0 Å². The number of unbranched alkanes of at least 4 members (excludes halogenated alkanes) is 1. The Kier molecular flexibility index (Phi) is 11.3. The highest BCUT2D eigenvalue weighted by Crippen LogP contribution is 2.28. The van der Waals surface area contributed by atoms with E-state index in [-0.39, 0.29) is 25.3 Å². The first kappa shape index (κ1) is 33.2. The van der Waals surface area contributed by atoms with Crippen molar-refractivity contribution in [1.29, 1.82) is 0 Å². The number of nitrogens with zero attached hydrogens (tertiary/aromatic N) is 1. The van der Waals surface area contributed by atoms with E-state index in [1.807, 2.05) is 59.3 Å². The number of carboxylic acid groups (broad SMARTS) is 1. The average molecular weight is 641 g/mol. The molecular weight excluding hydrogens is 606 g/mol. The number of hydrogen-bond acceptors (Lipinski definition) is 6. The Morgan fingerprint density at radius 3 is 2.36 bits per heavy atom. The number of rotatable bonds is 16. The smallest absolute Gasteiger partial charge is 0.323 e. The van der Waals surface area contributed by atoms with Crippen LogP contribution in [0.1, 0.15) is 42.4 Å². The SMILES string of the molecule is CS(=O)(=O)NC(=O)CCCc1cn(CC(=O)O)c2c(C=Cc3ccc(OCCCCOc4cccc(F)c4F)cc3)cccc12. The third-order valence-corrected chi connectivity index (χ3v) is 7.38. The second-order valence-electron chi connectivity index (χ2n) is 10.4. The van der Waals surface area contributed by atoms with Crippen LogP contribution < -0.4 is 14.2 Å². The number of carboxylic acids is 1. The van der Waals surface area contributed by atoms with Crippen LogP contribution in [0, 0.1) is 11.6 Å². The topological polar surface area (TPSA) is 124 Å². The van der Waals surface area contributed by atoms with Crippen molar-refractivity contribution in [3.63, 3.8) is 0 Å². The van der Waals surface area contributed by atoms with Gasteiger partial charge < -0.3 is 19.1 Å². The van der Waals surface area contributed by atoms with Gasteiger partial charge in [0.25, 0.3) is 0 Å². The van der Waals surface area contributed by atoms with Crippen LogP contribution in [0.25, 0.3) is 23.1 Å². The molecule has 0 saturated carbocycles. The van der Waals surface area contributed by atoms with E-state index < -0.39 is 33.5 Å². The first-order valence-corrected chi connectivity index (χ1v) is 16.2. The molecule has 3 aromatic carbocycles. The zero-order chi connectivity index (χ0) is 32.4. The lowest BCUT2D eigenvalue weighted by Crippen LogP contribution is -2.29. The summed E-state index contributed by atoms with van der Waals surface area (Å²) in [5, 5.41) is 10.4. The number of sulfonamides is 1. The van der Waals surface area contributed by atoms with E-state index in [2.05, 4.69) is 0 Å². The van der Waals surface area contributed by atoms with E-state index >= 15 is 0 Å². The number of carbonyl (C=O) groups is 2. The molecule has 4 rings (SSSR count). The summed E-state index contributed by atoms with van der Waals surface area (Å²) in [6.07, 6.45) is 8.65. The number of aliphatic carboxylic acids is 1. The van der Waals surface area contributed by atoms with E-state index in [4.69, 9.17) is 9.47 Å². The maximum atomic E-state index is 13.6. The molecule has 0 radical (unpaired) electrons. The lowest BCUT2D eigenvalue weighted by Gasteiger charge is -2.09. The number of ether oxygens (including phenoxy) is 2. The quantitative estimate of drug-likeness (QED) is 0.117. The van der Waals surface area contributed by atoms with Crippen molar-refractivity contribution in [2.45, 2.75) is 38.6 Å². The Morgan fingerprint density at radius 1 is 0.933 bits per heavy atom. The molecule has 9 nitrogen and oxygen atoms in total. The van der Waals surface area contributed by atoms with Gasteiger partial charge >= 0.3 is 5.97 Å². The molecule has 4 aromatic rings. The minimum Gasteiger partial charge on any atom is -0.494 e. The van der Waals surface area contributed by atoms with Crippen LogP contribution >= 0.6 is 0 Å². The van der Waals surface area contributed by atoms with Gasteiger partial charge in [0.1, 0.15) is 12.3 Å². The van der Waals surface area contributed by atoms with Gasteiger partial charge in [0.2, 0.25) is 21.7 Å². The molecule has 12 heteroatoms. The molecule has 0 aliphatic rings. The molecule has 1 heterocycles. The minimum atomic E-state index is -3.62. The summed E-state index contributed by atoms with van der Waals surface area (Å²) < 4.78 is 64.1. The van der Waals surface area contributed by atoms with Crippen LogP contribution in [0.15, 0.2) is 66.9 Å². The molecule has 0 spiro atoms. The van der Waals surface area contributed by atoms with Gasteiger partial charge in [-0.2, -0.15) is 4.39 Å². The van der Waals surface area contributed by atoms with Gasteiger partial charge in [-0.3, -0.25) is 14.3 Å². The van der Waals surface area contributed by atoms with Gasteiger partial charge in [0.05, 0.1) is 25.0 Å². The predicted molar refractivity (Wildman–Crippen MR) is 167 cm³/mol. The highest BCUT2D eigenvalue weighted by Gasteiger charge is 2.15. The molecule has 0 bridgehead atoms. The Hall–Kier alpha value is -4.71. The number of benzene rings is 3. The van der Waals surface area contributed by atoms with Crippen LogP contribution in [0.3, 0.4) is 0 Å². The van der Waals surface area contributed by atoms with E-state index in [9.17, 15) is 31.9 Å². The highest BCUT2D eigenvalue weighted by atomic mass is 32.2. The summed E-state index contributed by atoms with van der Waals surface area (Å²) in [7, 11) is -3.62. The zero-order valence-electron chi connectivity index (χ0n) is 24.7. The van der Waals surface area contributed by atoms with Crippen molar-refractivity contribution in [2.24, 2.45) is 0 Å². The van der Waals surface area contributed by atoms with Gasteiger partial charge in [-0.05, 0) is 66.6 Å². The van der Waals surface area contributed by atoms with Crippen LogP contribution in [0.4, 0.5) is 8.78 Å². The molecule has 2 N–H and O–H groups in total. The van der Waals surface area contributed by atoms with Crippen molar-refractivity contribution in [2.75, 3.05) is 19.5 Å². The monoisotopic (exact) mass is 640 g/mol. The number of hydrogen-bond donors (Lipinski definition) is 2. The molecule has 45 heavy (non-hydrogen) atoms. The van der Waals surface area contributed by atoms with Gasteiger partial charge in [0, 0.05) is 18.0 Å². The average Bonchev–Trinajstić information content (AvgIpc) is 3.32. The molecular formula is C33H34F2N2O7S. The number of para-hydroxylation sites is 1. The van der Waals surface area contributed by atoms with Gasteiger partial charge in [0.15, 0.2) is 11.6 Å². The second-order valence-corrected chi connectivity index (χ2v) is 12.2. The van der Waals surface area contributed by atoms with Crippen molar-refractivity contribution >= 4 is 45.0 Å². The number of fused-ring (bicyclic) bond motifs is 1. The highest BCUT2D eigenvalue weighted by molar-refractivity contribution is 7.89.